The van der Waals surface area contributed by atoms with Gasteiger partial charge in [0.1, 0.15) is 0 Å². The molecule has 1 aliphatic heterocycles. The third kappa shape index (κ3) is 3.26. The number of sulfone groups is 1. The molecule has 0 aromatic heterocycles. The molecule has 0 radical (unpaired) electrons. The van der Waals surface area contributed by atoms with Gasteiger partial charge in [0, 0.05) is 25.6 Å². The van der Waals surface area contributed by atoms with Crippen LogP contribution >= 0.6 is 0 Å². The number of amidine groups is 1. The fraction of sp³-hybridized carbons (Fsp3) is 0.875. The normalized spacial score (nSPS) is 24.4. The van der Waals surface area contributed by atoms with Crippen LogP contribution in [-0.2, 0) is 9.84 Å². The maximum absolute atomic E-state index is 11.1. The highest BCUT2D eigenvalue weighted by Gasteiger charge is 2.22. The van der Waals surface area contributed by atoms with Crippen LogP contribution in [0.5, 0.6) is 0 Å². The topological polar surface area (TPSA) is 87.2 Å². The molecule has 3 N–H and O–H groups in total. The number of nitrogens with one attached hydrogen (secondary N) is 1. The third-order valence-electron chi connectivity index (χ3n) is 2.50. The van der Waals surface area contributed by atoms with Crippen LogP contribution in [0.4, 0.5) is 0 Å². The first-order chi connectivity index (χ1) is 6.41. The molecule has 0 saturated carbocycles. The molecule has 14 heavy (non-hydrogen) atoms. The Bertz CT molecular complexity index is 299. The molecule has 82 valence electrons. The van der Waals surface area contributed by atoms with Gasteiger partial charge in [-0.2, -0.15) is 0 Å². The van der Waals surface area contributed by atoms with Crippen LogP contribution < -0.4 is 5.73 Å². The van der Waals surface area contributed by atoms with Crippen LogP contribution in [0, 0.1) is 11.3 Å². The molecule has 6 heteroatoms. The molecule has 0 aromatic carbocycles. The first-order valence-corrected chi connectivity index (χ1v) is 6.49. The first-order valence-electron chi connectivity index (χ1n) is 4.67. The molecule has 1 heterocycles. The van der Waals surface area contributed by atoms with E-state index in [-0.39, 0.29) is 23.3 Å². The van der Waals surface area contributed by atoms with Gasteiger partial charge in [0.15, 0.2) is 9.84 Å². The molecule has 1 fully saturated rings. The summed E-state index contributed by atoms with van der Waals surface area (Å²) in [6.07, 6.45) is 0. The number of rotatable bonds is 3. The summed E-state index contributed by atoms with van der Waals surface area (Å²) in [5.74, 6) is 0.643. The molecule has 1 unspecified atom stereocenters. The summed E-state index contributed by atoms with van der Waals surface area (Å²) in [6, 6.07) is 0. The van der Waals surface area contributed by atoms with Gasteiger partial charge in [-0.25, -0.2) is 8.42 Å². The highest BCUT2D eigenvalue weighted by molar-refractivity contribution is 7.91. The van der Waals surface area contributed by atoms with Gasteiger partial charge < -0.3 is 10.6 Å². The Balaban J connectivity index is 2.40. The highest BCUT2D eigenvalue weighted by Crippen LogP contribution is 2.06. The Kier molecular flexibility index (Phi) is 3.49. The Morgan fingerprint density at radius 3 is 2.43 bits per heavy atom. The fourth-order valence-electron chi connectivity index (χ4n) is 1.42. The van der Waals surface area contributed by atoms with Crippen molar-refractivity contribution in [3.63, 3.8) is 0 Å². The van der Waals surface area contributed by atoms with E-state index in [4.69, 9.17) is 11.1 Å². The Hall–Kier alpha value is -0.620. The van der Waals surface area contributed by atoms with Crippen molar-refractivity contribution >= 4 is 15.7 Å². The summed E-state index contributed by atoms with van der Waals surface area (Å²) >= 11 is 0. The van der Waals surface area contributed by atoms with Crippen molar-refractivity contribution in [1.29, 1.82) is 5.41 Å². The SMILES string of the molecule is CC(CN1CCS(=O)(=O)CC1)C(=N)N. The van der Waals surface area contributed by atoms with Gasteiger partial charge >= 0.3 is 0 Å². The number of nitrogens with two attached hydrogens (primary N) is 1. The van der Waals surface area contributed by atoms with E-state index in [1.54, 1.807) is 0 Å². The quantitative estimate of drug-likeness (QED) is 0.485. The lowest BCUT2D eigenvalue weighted by atomic mass is 10.1. The Labute approximate surface area is 84.7 Å². The minimum absolute atomic E-state index is 0.0100. The second-order valence-electron chi connectivity index (χ2n) is 3.81. The largest absolute Gasteiger partial charge is 0.387 e. The van der Waals surface area contributed by atoms with Gasteiger partial charge in [0.25, 0.3) is 0 Å². The van der Waals surface area contributed by atoms with Crippen molar-refractivity contribution in [2.24, 2.45) is 11.7 Å². The zero-order valence-electron chi connectivity index (χ0n) is 8.36. The molecule has 0 bridgehead atoms. The van der Waals surface area contributed by atoms with E-state index in [1.807, 2.05) is 11.8 Å². The van der Waals surface area contributed by atoms with Crippen molar-refractivity contribution < 1.29 is 8.42 Å². The van der Waals surface area contributed by atoms with Crippen LogP contribution in [-0.4, -0.2) is 50.3 Å². The summed E-state index contributed by atoms with van der Waals surface area (Å²) in [4.78, 5) is 2.05. The molecule has 1 saturated heterocycles. The van der Waals surface area contributed by atoms with Crippen molar-refractivity contribution in [2.75, 3.05) is 31.1 Å². The summed E-state index contributed by atoms with van der Waals surface area (Å²) in [6.45, 7) is 3.70. The summed E-state index contributed by atoms with van der Waals surface area (Å²) in [5, 5.41) is 7.23. The average molecular weight is 219 g/mol. The fourth-order valence-corrected chi connectivity index (χ4v) is 2.70. The van der Waals surface area contributed by atoms with Crippen molar-refractivity contribution in [1.82, 2.24) is 4.90 Å². The van der Waals surface area contributed by atoms with Crippen LogP contribution in [0.15, 0.2) is 0 Å². The number of nitrogens with zero attached hydrogens (tertiary/aromatic N) is 1. The molecule has 0 aromatic rings. The van der Waals surface area contributed by atoms with Crippen molar-refractivity contribution in [3.8, 4) is 0 Å². The van der Waals surface area contributed by atoms with Gasteiger partial charge in [-0.1, -0.05) is 6.92 Å². The van der Waals surface area contributed by atoms with E-state index in [9.17, 15) is 8.42 Å². The Morgan fingerprint density at radius 1 is 1.50 bits per heavy atom. The molecular weight excluding hydrogens is 202 g/mol. The minimum Gasteiger partial charge on any atom is -0.387 e. The van der Waals surface area contributed by atoms with Crippen LogP contribution in [0.25, 0.3) is 0 Å². The van der Waals surface area contributed by atoms with E-state index in [1.165, 1.54) is 0 Å². The number of hydrogen-bond donors (Lipinski definition) is 2. The van der Waals surface area contributed by atoms with Gasteiger partial charge in [-0.05, 0) is 0 Å². The monoisotopic (exact) mass is 219 g/mol. The molecule has 1 rings (SSSR count). The predicted molar refractivity (Wildman–Crippen MR) is 56.2 cm³/mol. The van der Waals surface area contributed by atoms with Crippen LogP contribution in [0.2, 0.25) is 0 Å². The Morgan fingerprint density at radius 2 is 2.00 bits per heavy atom. The molecular formula is C8H17N3O2S. The zero-order valence-corrected chi connectivity index (χ0v) is 9.18. The first kappa shape index (κ1) is 11.5. The minimum atomic E-state index is -2.80. The van der Waals surface area contributed by atoms with Gasteiger partial charge in [0.2, 0.25) is 0 Å². The molecule has 1 atom stereocenters. The highest BCUT2D eigenvalue weighted by atomic mass is 32.2. The van der Waals surface area contributed by atoms with Gasteiger partial charge in [-0.15, -0.1) is 0 Å². The number of hydrogen-bond acceptors (Lipinski definition) is 4. The van der Waals surface area contributed by atoms with Crippen LogP contribution in [0.1, 0.15) is 6.92 Å². The summed E-state index contributed by atoms with van der Waals surface area (Å²) < 4.78 is 22.2. The third-order valence-corrected chi connectivity index (χ3v) is 4.11. The lowest BCUT2D eigenvalue weighted by Crippen LogP contribution is -2.44. The standard InChI is InChI=1S/C8H17N3O2S/c1-7(8(9)10)6-11-2-4-14(12,13)5-3-11/h7H,2-6H2,1H3,(H3,9,10). The molecule has 0 amide bonds. The van der Waals surface area contributed by atoms with E-state index in [0.717, 1.165) is 0 Å². The molecule has 5 nitrogen and oxygen atoms in total. The lowest BCUT2D eigenvalue weighted by molar-refractivity contribution is 0.278. The zero-order chi connectivity index (χ0) is 10.8. The van der Waals surface area contributed by atoms with Crippen LogP contribution in [0.3, 0.4) is 0 Å². The summed E-state index contributed by atoms with van der Waals surface area (Å²) in [7, 11) is -2.80. The molecule has 1 aliphatic rings. The van der Waals surface area contributed by atoms with E-state index >= 15 is 0 Å². The predicted octanol–water partition coefficient (Wildman–Crippen LogP) is -0.711. The van der Waals surface area contributed by atoms with E-state index < -0.39 is 9.84 Å². The maximum Gasteiger partial charge on any atom is 0.152 e. The lowest BCUT2D eigenvalue weighted by Gasteiger charge is -2.28. The second kappa shape index (κ2) is 4.27. The van der Waals surface area contributed by atoms with Gasteiger partial charge in [-0.3, -0.25) is 5.41 Å². The van der Waals surface area contributed by atoms with Crippen molar-refractivity contribution in [2.45, 2.75) is 6.92 Å². The smallest absolute Gasteiger partial charge is 0.152 e. The van der Waals surface area contributed by atoms with Gasteiger partial charge in [0.05, 0.1) is 17.3 Å². The molecule has 0 spiro atoms. The van der Waals surface area contributed by atoms with Crippen molar-refractivity contribution in [3.05, 3.63) is 0 Å². The maximum atomic E-state index is 11.1. The average Bonchev–Trinajstić information content (AvgIpc) is 2.08. The van der Waals surface area contributed by atoms with E-state index in [0.29, 0.717) is 19.6 Å². The second-order valence-corrected chi connectivity index (χ2v) is 6.11. The van der Waals surface area contributed by atoms with E-state index in [2.05, 4.69) is 0 Å². The summed E-state index contributed by atoms with van der Waals surface area (Å²) in [5.41, 5.74) is 5.34. The molecule has 0 aliphatic carbocycles.